The molecule has 2 saturated heterocycles. The summed E-state index contributed by atoms with van der Waals surface area (Å²) in [5, 5.41) is 3.51. The molecule has 0 bridgehead atoms. The van der Waals surface area contributed by atoms with Gasteiger partial charge in [-0.15, -0.1) is 0 Å². The van der Waals surface area contributed by atoms with Gasteiger partial charge in [-0.2, -0.15) is 0 Å². The number of nitrogens with zero attached hydrogens (tertiary/aromatic N) is 1. The summed E-state index contributed by atoms with van der Waals surface area (Å²) in [7, 11) is 0. The number of fused-ring (bicyclic) bond motifs is 1. The van der Waals surface area contributed by atoms with Crippen LogP contribution in [-0.2, 0) is 0 Å². The Hall–Kier alpha value is -0.0800. The van der Waals surface area contributed by atoms with Crippen molar-refractivity contribution in [3.8, 4) is 0 Å². The van der Waals surface area contributed by atoms with Crippen LogP contribution in [0.15, 0.2) is 0 Å². The molecule has 2 aliphatic rings. The molecular weight excluding hydrogens is 160 g/mol. The van der Waals surface area contributed by atoms with Crippen LogP contribution in [0.4, 0.5) is 0 Å². The molecule has 2 aliphatic heterocycles. The minimum atomic E-state index is 0.355. The Balaban J connectivity index is 2.10. The van der Waals surface area contributed by atoms with Crippen LogP contribution < -0.4 is 5.32 Å². The van der Waals surface area contributed by atoms with Crippen molar-refractivity contribution in [1.29, 1.82) is 0 Å². The van der Waals surface area contributed by atoms with Gasteiger partial charge in [0.1, 0.15) is 0 Å². The van der Waals surface area contributed by atoms with Gasteiger partial charge in [0, 0.05) is 25.2 Å². The molecule has 2 nitrogen and oxygen atoms in total. The van der Waals surface area contributed by atoms with Crippen LogP contribution in [0.5, 0.6) is 0 Å². The highest BCUT2D eigenvalue weighted by Gasteiger charge is 2.48. The van der Waals surface area contributed by atoms with E-state index < -0.39 is 0 Å². The molecule has 76 valence electrons. The lowest BCUT2D eigenvalue weighted by Crippen LogP contribution is -2.42. The summed E-state index contributed by atoms with van der Waals surface area (Å²) in [5.41, 5.74) is 0.903. The van der Waals surface area contributed by atoms with Crippen molar-refractivity contribution in [3.05, 3.63) is 0 Å². The zero-order valence-electron chi connectivity index (χ0n) is 9.35. The number of hydrogen-bond acceptors (Lipinski definition) is 2. The molecule has 2 atom stereocenters. The smallest absolute Gasteiger partial charge is 0.0125 e. The van der Waals surface area contributed by atoms with E-state index in [2.05, 4.69) is 37.9 Å². The van der Waals surface area contributed by atoms with Crippen LogP contribution in [0.2, 0.25) is 0 Å². The summed E-state index contributed by atoms with van der Waals surface area (Å²) < 4.78 is 0. The summed E-state index contributed by atoms with van der Waals surface area (Å²) in [5.74, 6) is 0.881. The minimum absolute atomic E-state index is 0.355. The fourth-order valence-corrected chi connectivity index (χ4v) is 2.67. The second-order valence-electron chi connectivity index (χ2n) is 6.03. The maximum Gasteiger partial charge on any atom is 0.0125 e. The second-order valence-corrected chi connectivity index (χ2v) is 6.03. The minimum Gasteiger partial charge on any atom is -0.316 e. The number of hydrogen-bond donors (Lipinski definition) is 1. The first-order chi connectivity index (χ1) is 5.92. The molecule has 2 fully saturated rings. The van der Waals surface area contributed by atoms with E-state index in [1.807, 2.05) is 0 Å². The zero-order valence-corrected chi connectivity index (χ0v) is 9.35. The van der Waals surface area contributed by atoms with E-state index in [1.54, 1.807) is 0 Å². The van der Waals surface area contributed by atoms with E-state index in [0.29, 0.717) is 11.0 Å². The van der Waals surface area contributed by atoms with Crippen LogP contribution in [0.1, 0.15) is 27.7 Å². The van der Waals surface area contributed by atoms with Gasteiger partial charge in [0.05, 0.1) is 0 Å². The topological polar surface area (TPSA) is 15.3 Å². The fourth-order valence-electron chi connectivity index (χ4n) is 2.67. The molecule has 1 N–H and O–H groups in total. The lowest BCUT2D eigenvalue weighted by Gasteiger charge is -2.33. The van der Waals surface area contributed by atoms with Crippen LogP contribution in [0, 0.1) is 11.3 Å². The summed E-state index contributed by atoms with van der Waals surface area (Å²) in [4.78, 5) is 2.64. The molecular formula is C11H22N2. The van der Waals surface area contributed by atoms with Crippen molar-refractivity contribution in [3.63, 3.8) is 0 Å². The molecule has 0 spiro atoms. The normalized spacial score (nSPS) is 41.1. The molecule has 0 aromatic heterocycles. The number of likely N-dealkylation sites (tertiary alicyclic amines) is 1. The van der Waals surface area contributed by atoms with Crippen molar-refractivity contribution in [2.45, 2.75) is 33.2 Å². The van der Waals surface area contributed by atoms with Gasteiger partial charge in [-0.1, -0.05) is 6.92 Å². The predicted molar refractivity (Wildman–Crippen MR) is 55.8 cm³/mol. The average molecular weight is 182 g/mol. The van der Waals surface area contributed by atoms with E-state index in [4.69, 9.17) is 0 Å². The van der Waals surface area contributed by atoms with Crippen LogP contribution in [0.3, 0.4) is 0 Å². The maximum absolute atomic E-state index is 3.51. The lowest BCUT2D eigenvalue weighted by molar-refractivity contribution is 0.152. The number of rotatable bonds is 0. The third-order valence-corrected chi connectivity index (χ3v) is 3.85. The summed E-state index contributed by atoms with van der Waals surface area (Å²) in [6, 6.07) is 0. The van der Waals surface area contributed by atoms with Crippen LogP contribution in [0.25, 0.3) is 0 Å². The first kappa shape index (κ1) is 9.47. The van der Waals surface area contributed by atoms with E-state index in [0.717, 1.165) is 5.92 Å². The summed E-state index contributed by atoms with van der Waals surface area (Å²) in [6.07, 6.45) is 0. The molecule has 2 heterocycles. The molecule has 2 unspecified atom stereocenters. The summed E-state index contributed by atoms with van der Waals surface area (Å²) in [6.45, 7) is 14.4. The average Bonchev–Trinajstić information content (AvgIpc) is 2.39. The van der Waals surface area contributed by atoms with Gasteiger partial charge < -0.3 is 5.32 Å². The van der Waals surface area contributed by atoms with Crippen molar-refractivity contribution in [2.24, 2.45) is 11.3 Å². The van der Waals surface area contributed by atoms with Crippen LogP contribution >= 0.6 is 0 Å². The van der Waals surface area contributed by atoms with Crippen molar-refractivity contribution in [1.82, 2.24) is 10.2 Å². The lowest BCUT2D eigenvalue weighted by atomic mass is 9.83. The quantitative estimate of drug-likeness (QED) is 0.608. The molecule has 2 rings (SSSR count). The molecule has 2 heteroatoms. The van der Waals surface area contributed by atoms with Crippen LogP contribution in [-0.4, -0.2) is 36.6 Å². The molecule has 0 aromatic carbocycles. The highest BCUT2D eigenvalue weighted by Crippen LogP contribution is 2.40. The maximum atomic E-state index is 3.51. The van der Waals surface area contributed by atoms with E-state index >= 15 is 0 Å². The van der Waals surface area contributed by atoms with Crippen molar-refractivity contribution < 1.29 is 0 Å². The van der Waals surface area contributed by atoms with Gasteiger partial charge in [-0.05, 0) is 38.6 Å². The Bertz CT molecular complexity index is 207. The van der Waals surface area contributed by atoms with E-state index in [-0.39, 0.29) is 0 Å². The van der Waals surface area contributed by atoms with E-state index in [1.165, 1.54) is 26.2 Å². The number of nitrogens with one attached hydrogen (secondary N) is 1. The third-order valence-electron chi connectivity index (χ3n) is 3.85. The molecule has 13 heavy (non-hydrogen) atoms. The Labute approximate surface area is 81.7 Å². The standard InChI is InChI=1S/C11H22N2/c1-10(2,3)13-6-9-5-12-7-11(9,4)8-13/h9,12H,5-8H2,1-4H3. The predicted octanol–water partition coefficient (Wildman–Crippen LogP) is 1.33. The molecule has 0 amide bonds. The summed E-state index contributed by atoms with van der Waals surface area (Å²) >= 11 is 0. The van der Waals surface area contributed by atoms with Gasteiger partial charge in [0.2, 0.25) is 0 Å². The van der Waals surface area contributed by atoms with Gasteiger partial charge in [-0.25, -0.2) is 0 Å². The Morgan fingerprint density at radius 2 is 2.08 bits per heavy atom. The van der Waals surface area contributed by atoms with E-state index in [9.17, 15) is 0 Å². The monoisotopic (exact) mass is 182 g/mol. The third kappa shape index (κ3) is 1.50. The fraction of sp³-hybridized carbons (Fsp3) is 1.00. The Kier molecular flexibility index (Phi) is 1.97. The van der Waals surface area contributed by atoms with Gasteiger partial charge in [0.25, 0.3) is 0 Å². The SMILES string of the molecule is CC12CNCC1CN(C(C)(C)C)C2. The Morgan fingerprint density at radius 3 is 2.62 bits per heavy atom. The first-order valence-corrected chi connectivity index (χ1v) is 5.38. The van der Waals surface area contributed by atoms with Gasteiger partial charge in [0.15, 0.2) is 0 Å². The van der Waals surface area contributed by atoms with Crippen molar-refractivity contribution in [2.75, 3.05) is 26.2 Å². The molecule has 0 saturated carbocycles. The largest absolute Gasteiger partial charge is 0.316 e. The zero-order chi connectivity index (χ0) is 9.69. The second kappa shape index (κ2) is 2.71. The highest BCUT2D eigenvalue weighted by atomic mass is 15.2. The molecule has 0 radical (unpaired) electrons. The first-order valence-electron chi connectivity index (χ1n) is 5.38. The van der Waals surface area contributed by atoms with Crippen molar-refractivity contribution >= 4 is 0 Å². The highest BCUT2D eigenvalue weighted by molar-refractivity contribution is 5.02. The van der Waals surface area contributed by atoms with Gasteiger partial charge in [-0.3, -0.25) is 4.90 Å². The molecule has 0 aromatic rings. The Morgan fingerprint density at radius 1 is 1.38 bits per heavy atom. The molecule has 0 aliphatic carbocycles. The van der Waals surface area contributed by atoms with Gasteiger partial charge >= 0.3 is 0 Å².